The molecule has 0 aliphatic carbocycles. The molecule has 0 fully saturated rings. The standard InChI is InChI=1S/C19H15N3O3S/c23-18(16-13-24-10-11-25-16)22(20-12-14-6-2-1-3-7-14)19-21-15-8-4-5-9-17(15)26-19/h1-9,12-13H,10-11H2/b20-12+. The van der Waals surface area contributed by atoms with E-state index in [1.54, 1.807) is 6.21 Å². The fourth-order valence-corrected chi connectivity index (χ4v) is 3.31. The van der Waals surface area contributed by atoms with E-state index in [4.69, 9.17) is 9.47 Å². The number of amides is 1. The Morgan fingerprint density at radius 1 is 1.12 bits per heavy atom. The van der Waals surface area contributed by atoms with Gasteiger partial charge in [0.25, 0.3) is 0 Å². The monoisotopic (exact) mass is 365 g/mol. The van der Waals surface area contributed by atoms with E-state index in [-0.39, 0.29) is 5.76 Å². The van der Waals surface area contributed by atoms with Gasteiger partial charge in [0, 0.05) is 0 Å². The number of para-hydroxylation sites is 1. The van der Waals surface area contributed by atoms with E-state index in [1.165, 1.54) is 22.6 Å². The molecule has 6 nitrogen and oxygen atoms in total. The van der Waals surface area contributed by atoms with Gasteiger partial charge < -0.3 is 9.47 Å². The minimum absolute atomic E-state index is 0.112. The van der Waals surface area contributed by atoms with Gasteiger partial charge in [-0.2, -0.15) is 10.1 Å². The normalized spacial score (nSPS) is 13.9. The maximum Gasteiger partial charge on any atom is 0.319 e. The molecule has 4 rings (SSSR count). The van der Waals surface area contributed by atoms with Crippen LogP contribution in [0.5, 0.6) is 0 Å². The number of carbonyl (C=O) groups is 1. The first-order valence-electron chi connectivity index (χ1n) is 8.05. The first-order valence-corrected chi connectivity index (χ1v) is 8.86. The summed E-state index contributed by atoms with van der Waals surface area (Å²) in [5.41, 5.74) is 1.69. The van der Waals surface area contributed by atoms with E-state index < -0.39 is 5.91 Å². The fraction of sp³-hybridized carbons (Fsp3) is 0.105. The lowest BCUT2D eigenvalue weighted by Gasteiger charge is -2.19. The number of hydrazone groups is 1. The van der Waals surface area contributed by atoms with Crippen LogP contribution < -0.4 is 5.01 Å². The van der Waals surface area contributed by atoms with Crippen molar-refractivity contribution in [3.63, 3.8) is 0 Å². The van der Waals surface area contributed by atoms with Gasteiger partial charge in [-0.1, -0.05) is 53.8 Å². The van der Waals surface area contributed by atoms with Crippen molar-refractivity contribution < 1.29 is 14.3 Å². The molecule has 0 spiro atoms. The maximum absolute atomic E-state index is 12.9. The van der Waals surface area contributed by atoms with E-state index in [2.05, 4.69) is 10.1 Å². The Labute approximate surface area is 154 Å². The second-order valence-corrected chi connectivity index (χ2v) is 6.45. The molecular formula is C19H15N3O3S. The quantitative estimate of drug-likeness (QED) is 0.524. The molecule has 0 saturated carbocycles. The average Bonchev–Trinajstić information content (AvgIpc) is 3.13. The Morgan fingerprint density at radius 2 is 1.92 bits per heavy atom. The minimum Gasteiger partial charge on any atom is -0.494 e. The highest BCUT2D eigenvalue weighted by Crippen LogP contribution is 2.30. The van der Waals surface area contributed by atoms with E-state index in [9.17, 15) is 4.79 Å². The van der Waals surface area contributed by atoms with Gasteiger partial charge in [0.2, 0.25) is 10.9 Å². The SMILES string of the molecule is O=C(C1=COCCO1)N(/N=C/c1ccccc1)c1nc2ccccc2s1. The highest BCUT2D eigenvalue weighted by molar-refractivity contribution is 7.22. The summed E-state index contributed by atoms with van der Waals surface area (Å²) in [4.78, 5) is 17.4. The average molecular weight is 365 g/mol. The lowest BCUT2D eigenvalue weighted by atomic mass is 10.2. The number of hydrogen-bond acceptors (Lipinski definition) is 6. The van der Waals surface area contributed by atoms with Gasteiger partial charge in [-0.15, -0.1) is 0 Å². The first-order chi connectivity index (χ1) is 12.8. The van der Waals surface area contributed by atoms with Gasteiger partial charge in [0.05, 0.1) is 16.4 Å². The largest absolute Gasteiger partial charge is 0.494 e. The molecule has 2 heterocycles. The van der Waals surface area contributed by atoms with Crippen molar-refractivity contribution in [1.29, 1.82) is 0 Å². The smallest absolute Gasteiger partial charge is 0.319 e. The molecule has 0 N–H and O–H groups in total. The molecule has 26 heavy (non-hydrogen) atoms. The third kappa shape index (κ3) is 3.43. The molecule has 1 aliphatic heterocycles. The second-order valence-electron chi connectivity index (χ2n) is 5.44. The van der Waals surface area contributed by atoms with Crippen LogP contribution in [0, 0.1) is 0 Å². The van der Waals surface area contributed by atoms with Gasteiger partial charge >= 0.3 is 5.91 Å². The van der Waals surface area contributed by atoms with E-state index >= 15 is 0 Å². The number of hydrogen-bond donors (Lipinski definition) is 0. The number of rotatable bonds is 4. The molecule has 1 aromatic heterocycles. The number of benzene rings is 2. The van der Waals surface area contributed by atoms with Crippen LogP contribution >= 0.6 is 11.3 Å². The molecule has 1 amide bonds. The Balaban J connectivity index is 1.71. The molecule has 0 saturated heterocycles. The summed E-state index contributed by atoms with van der Waals surface area (Å²) in [5.74, 6) is -0.309. The second kappa shape index (κ2) is 7.37. The molecule has 3 aromatic rings. The number of thiazole rings is 1. The number of carbonyl (C=O) groups excluding carboxylic acids is 1. The van der Waals surface area contributed by atoms with Crippen molar-refractivity contribution >= 4 is 38.8 Å². The summed E-state index contributed by atoms with van der Waals surface area (Å²) >= 11 is 1.39. The summed E-state index contributed by atoms with van der Waals surface area (Å²) in [6, 6.07) is 17.3. The molecular weight excluding hydrogens is 350 g/mol. The molecule has 1 aliphatic rings. The zero-order valence-corrected chi connectivity index (χ0v) is 14.6. The van der Waals surface area contributed by atoms with Crippen molar-refractivity contribution in [2.45, 2.75) is 0 Å². The molecule has 7 heteroatoms. The van der Waals surface area contributed by atoms with Crippen LogP contribution in [0.25, 0.3) is 10.2 Å². The van der Waals surface area contributed by atoms with Crippen LogP contribution in [-0.2, 0) is 14.3 Å². The van der Waals surface area contributed by atoms with Crippen molar-refractivity contribution in [1.82, 2.24) is 4.98 Å². The minimum atomic E-state index is -0.420. The summed E-state index contributed by atoms with van der Waals surface area (Å²) in [6.45, 7) is 0.749. The highest BCUT2D eigenvalue weighted by atomic mass is 32.1. The first kappa shape index (κ1) is 16.3. The molecule has 0 bridgehead atoms. The van der Waals surface area contributed by atoms with Crippen LogP contribution in [0.4, 0.5) is 5.13 Å². The number of ether oxygens (including phenoxy) is 2. The number of aromatic nitrogens is 1. The lowest BCUT2D eigenvalue weighted by Crippen LogP contribution is -2.30. The van der Waals surface area contributed by atoms with Gasteiger partial charge in [-0.05, 0) is 17.7 Å². The topological polar surface area (TPSA) is 64.0 Å². The maximum atomic E-state index is 12.9. The van der Waals surface area contributed by atoms with Crippen LogP contribution in [0.1, 0.15) is 5.56 Å². The van der Waals surface area contributed by atoms with Gasteiger partial charge in [0.15, 0.2) is 0 Å². The van der Waals surface area contributed by atoms with Crippen molar-refractivity contribution in [3.8, 4) is 0 Å². The Kier molecular flexibility index (Phi) is 4.61. The van der Waals surface area contributed by atoms with Gasteiger partial charge in [-0.3, -0.25) is 4.79 Å². The van der Waals surface area contributed by atoms with Crippen LogP contribution in [0.2, 0.25) is 0 Å². The number of anilines is 1. The van der Waals surface area contributed by atoms with Crippen LogP contribution in [0.3, 0.4) is 0 Å². The third-order valence-electron chi connectivity index (χ3n) is 3.64. The van der Waals surface area contributed by atoms with E-state index in [0.29, 0.717) is 18.3 Å². The van der Waals surface area contributed by atoms with Crippen molar-refractivity contribution in [2.24, 2.45) is 5.10 Å². The summed E-state index contributed by atoms with van der Waals surface area (Å²) in [7, 11) is 0. The zero-order valence-electron chi connectivity index (χ0n) is 13.7. The zero-order chi connectivity index (χ0) is 17.8. The lowest BCUT2D eigenvalue weighted by molar-refractivity contribution is -0.119. The van der Waals surface area contributed by atoms with Crippen LogP contribution in [0.15, 0.2) is 71.7 Å². The molecule has 130 valence electrons. The summed E-state index contributed by atoms with van der Waals surface area (Å²) < 4.78 is 11.6. The predicted octanol–water partition coefficient (Wildman–Crippen LogP) is 3.55. The Morgan fingerprint density at radius 3 is 2.69 bits per heavy atom. The van der Waals surface area contributed by atoms with Crippen molar-refractivity contribution in [2.75, 3.05) is 18.2 Å². The molecule has 0 radical (unpaired) electrons. The third-order valence-corrected chi connectivity index (χ3v) is 4.65. The predicted molar refractivity (Wildman–Crippen MR) is 101 cm³/mol. The summed E-state index contributed by atoms with van der Waals surface area (Å²) in [6.07, 6.45) is 2.94. The number of nitrogens with zero attached hydrogens (tertiary/aromatic N) is 3. The van der Waals surface area contributed by atoms with Crippen molar-refractivity contribution in [3.05, 3.63) is 72.2 Å². The molecule has 2 aromatic carbocycles. The fourth-order valence-electron chi connectivity index (χ4n) is 2.39. The molecule has 0 atom stereocenters. The highest BCUT2D eigenvalue weighted by Gasteiger charge is 2.26. The number of fused-ring (bicyclic) bond motifs is 1. The van der Waals surface area contributed by atoms with Gasteiger partial charge in [0.1, 0.15) is 19.5 Å². The van der Waals surface area contributed by atoms with E-state index in [0.717, 1.165) is 15.8 Å². The summed E-state index contributed by atoms with van der Waals surface area (Å²) in [5, 5.41) is 6.08. The Hall–Kier alpha value is -3.19. The Bertz CT molecular complexity index is 949. The van der Waals surface area contributed by atoms with E-state index in [1.807, 2.05) is 54.6 Å². The van der Waals surface area contributed by atoms with Gasteiger partial charge in [-0.25, -0.2) is 4.98 Å². The molecule has 0 unspecified atom stereocenters. The van der Waals surface area contributed by atoms with Crippen LogP contribution in [-0.4, -0.2) is 30.3 Å².